The number of rotatable bonds is 9. The lowest BCUT2D eigenvalue weighted by Gasteiger charge is -2.17. The fraction of sp³-hybridized carbons (Fsp3) is 0.375. The highest BCUT2D eigenvalue weighted by molar-refractivity contribution is 7.09. The van der Waals surface area contributed by atoms with Crippen LogP contribution in [0.5, 0.6) is 5.75 Å². The van der Waals surface area contributed by atoms with E-state index in [9.17, 15) is 9.18 Å². The monoisotopic (exact) mass is 338 g/mol. The Labute approximate surface area is 138 Å². The van der Waals surface area contributed by atoms with Gasteiger partial charge in [-0.15, -0.1) is 11.3 Å². The van der Waals surface area contributed by atoms with E-state index in [2.05, 4.69) is 4.98 Å². The molecule has 1 N–H and O–H groups in total. The number of aliphatic carboxylic acids is 1. The molecule has 0 aliphatic carbocycles. The van der Waals surface area contributed by atoms with Crippen LogP contribution in [0.4, 0.5) is 4.39 Å². The van der Waals surface area contributed by atoms with Crippen LogP contribution >= 0.6 is 11.3 Å². The summed E-state index contributed by atoms with van der Waals surface area (Å²) in [5, 5.41) is 11.6. The Balaban J connectivity index is 1.88. The first kappa shape index (κ1) is 17.4. The van der Waals surface area contributed by atoms with Gasteiger partial charge in [0, 0.05) is 11.9 Å². The third-order valence-electron chi connectivity index (χ3n) is 3.06. The van der Waals surface area contributed by atoms with Crippen LogP contribution in [0.15, 0.2) is 29.6 Å². The third-order valence-corrected chi connectivity index (χ3v) is 3.93. The molecule has 5 nitrogen and oxygen atoms in total. The topological polar surface area (TPSA) is 62.7 Å². The molecule has 1 aromatic carbocycles. The zero-order chi connectivity index (χ0) is 16.7. The van der Waals surface area contributed by atoms with Crippen molar-refractivity contribution < 1.29 is 19.0 Å². The van der Waals surface area contributed by atoms with Crippen molar-refractivity contribution in [3.8, 4) is 5.75 Å². The van der Waals surface area contributed by atoms with E-state index in [-0.39, 0.29) is 12.4 Å². The standard InChI is InChI=1S/C16H19FN2O3S/c1-2-7-19(9-16(20)21)8-13-11-23-15(18-13)10-22-14-5-3-12(17)4-6-14/h3-6,11H,2,7-10H2,1H3,(H,20,21). The van der Waals surface area contributed by atoms with Crippen molar-refractivity contribution in [3.63, 3.8) is 0 Å². The number of halogens is 1. The average Bonchev–Trinajstić information content (AvgIpc) is 2.94. The predicted octanol–water partition coefficient (Wildman–Crippen LogP) is 3.16. The molecule has 0 saturated carbocycles. The molecule has 124 valence electrons. The number of carboxylic acids is 1. The van der Waals surface area contributed by atoms with Gasteiger partial charge in [0.25, 0.3) is 0 Å². The Bertz CT molecular complexity index is 631. The molecule has 2 rings (SSSR count). The second-order valence-corrected chi connectivity index (χ2v) is 6.02. The molecular formula is C16H19FN2O3S. The highest BCUT2D eigenvalue weighted by Gasteiger charge is 2.12. The van der Waals surface area contributed by atoms with E-state index >= 15 is 0 Å². The van der Waals surface area contributed by atoms with Crippen molar-refractivity contribution >= 4 is 17.3 Å². The Hall–Kier alpha value is -1.99. The molecule has 7 heteroatoms. The number of carbonyl (C=O) groups is 1. The Morgan fingerprint density at radius 2 is 2.13 bits per heavy atom. The third kappa shape index (κ3) is 5.96. The van der Waals surface area contributed by atoms with Gasteiger partial charge in [-0.25, -0.2) is 9.37 Å². The second kappa shape index (κ2) is 8.59. The number of carboxylic acid groups (broad SMARTS) is 1. The molecule has 0 fully saturated rings. The highest BCUT2D eigenvalue weighted by Crippen LogP contribution is 2.17. The van der Waals surface area contributed by atoms with E-state index in [1.54, 1.807) is 12.1 Å². The van der Waals surface area contributed by atoms with Crippen LogP contribution in [-0.4, -0.2) is 34.0 Å². The molecule has 1 heterocycles. The van der Waals surface area contributed by atoms with Gasteiger partial charge in [-0.1, -0.05) is 6.92 Å². The van der Waals surface area contributed by atoms with Crippen LogP contribution in [0.25, 0.3) is 0 Å². The van der Waals surface area contributed by atoms with Crippen molar-refractivity contribution in [2.45, 2.75) is 26.5 Å². The lowest BCUT2D eigenvalue weighted by atomic mass is 10.3. The first-order valence-electron chi connectivity index (χ1n) is 7.32. The summed E-state index contributed by atoms with van der Waals surface area (Å²) >= 11 is 1.47. The zero-order valence-corrected chi connectivity index (χ0v) is 13.7. The molecule has 0 aliphatic rings. The highest BCUT2D eigenvalue weighted by atomic mass is 32.1. The minimum Gasteiger partial charge on any atom is -0.486 e. The number of hydrogen-bond donors (Lipinski definition) is 1. The maximum Gasteiger partial charge on any atom is 0.317 e. The van der Waals surface area contributed by atoms with Gasteiger partial charge in [0.1, 0.15) is 23.2 Å². The molecule has 0 bridgehead atoms. The summed E-state index contributed by atoms with van der Waals surface area (Å²) in [5.74, 6) is -0.557. The first-order chi connectivity index (χ1) is 11.1. The number of aromatic nitrogens is 1. The average molecular weight is 338 g/mol. The van der Waals surface area contributed by atoms with Gasteiger partial charge < -0.3 is 9.84 Å². The minimum atomic E-state index is -0.839. The van der Waals surface area contributed by atoms with E-state index in [0.717, 1.165) is 17.1 Å². The number of hydrogen-bond acceptors (Lipinski definition) is 5. The van der Waals surface area contributed by atoms with Gasteiger partial charge in [-0.3, -0.25) is 9.69 Å². The van der Waals surface area contributed by atoms with Crippen LogP contribution < -0.4 is 4.74 Å². The van der Waals surface area contributed by atoms with Crippen molar-refractivity contribution in [1.82, 2.24) is 9.88 Å². The molecule has 1 aromatic heterocycles. The van der Waals surface area contributed by atoms with E-state index in [1.807, 2.05) is 17.2 Å². The largest absolute Gasteiger partial charge is 0.486 e. The van der Waals surface area contributed by atoms with Crippen LogP contribution in [0.1, 0.15) is 24.0 Å². The van der Waals surface area contributed by atoms with Crippen LogP contribution in [0, 0.1) is 5.82 Å². The molecule has 23 heavy (non-hydrogen) atoms. The van der Waals surface area contributed by atoms with Crippen molar-refractivity contribution in [2.24, 2.45) is 0 Å². The normalized spacial score (nSPS) is 10.9. The lowest BCUT2D eigenvalue weighted by molar-refractivity contribution is -0.138. The number of ether oxygens (including phenoxy) is 1. The van der Waals surface area contributed by atoms with E-state index < -0.39 is 5.97 Å². The molecule has 0 amide bonds. The molecule has 0 saturated heterocycles. The SMILES string of the molecule is CCCN(CC(=O)O)Cc1csc(COc2ccc(F)cc2)n1. The maximum absolute atomic E-state index is 12.8. The summed E-state index contributed by atoms with van der Waals surface area (Å²) in [6.45, 7) is 3.55. The van der Waals surface area contributed by atoms with Crippen LogP contribution in [0.2, 0.25) is 0 Å². The molecular weight excluding hydrogens is 319 g/mol. The van der Waals surface area contributed by atoms with Gasteiger partial charge >= 0.3 is 5.97 Å². The van der Waals surface area contributed by atoms with E-state index in [4.69, 9.17) is 9.84 Å². The van der Waals surface area contributed by atoms with E-state index in [1.165, 1.54) is 23.5 Å². The van der Waals surface area contributed by atoms with Crippen molar-refractivity contribution in [3.05, 3.63) is 46.2 Å². The summed E-state index contributed by atoms with van der Waals surface area (Å²) in [5.41, 5.74) is 0.836. The predicted molar refractivity (Wildman–Crippen MR) is 86.0 cm³/mol. The Morgan fingerprint density at radius 3 is 2.78 bits per heavy atom. The van der Waals surface area contributed by atoms with Gasteiger partial charge in [-0.2, -0.15) is 0 Å². The molecule has 0 atom stereocenters. The van der Waals surface area contributed by atoms with Crippen molar-refractivity contribution in [1.29, 1.82) is 0 Å². The molecule has 0 spiro atoms. The number of thiazole rings is 1. The summed E-state index contributed by atoms with van der Waals surface area (Å²) in [7, 11) is 0. The zero-order valence-electron chi connectivity index (χ0n) is 12.9. The molecule has 0 aliphatic heterocycles. The quantitative estimate of drug-likeness (QED) is 0.761. The number of nitrogens with zero attached hydrogens (tertiary/aromatic N) is 2. The minimum absolute atomic E-state index is 0.00673. The first-order valence-corrected chi connectivity index (χ1v) is 8.20. The van der Waals surface area contributed by atoms with Crippen molar-refractivity contribution in [2.75, 3.05) is 13.1 Å². The van der Waals surface area contributed by atoms with Gasteiger partial charge in [-0.05, 0) is 37.2 Å². The van der Waals surface area contributed by atoms with E-state index in [0.29, 0.717) is 25.4 Å². The van der Waals surface area contributed by atoms with Gasteiger partial charge in [0.2, 0.25) is 0 Å². The molecule has 0 radical (unpaired) electrons. The fourth-order valence-electron chi connectivity index (χ4n) is 2.11. The summed E-state index contributed by atoms with van der Waals surface area (Å²) in [4.78, 5) is 17.2. The van der Waals surface area contributed by atoms with Crippen LogP contribution in [0.3, 0.4) is 0 Å². The smallest absolute Gasteiger partial charge is 0.317 e. The summed E-state index contributed by atoms with van der Waals surface area (Å²) in [6, 6.07) is 5.83. The van der Waals surface area contributed by atoms with Gasteiger partial charge in [0.05, 0.1) is 12.2 Å². The van der Waals surface area contributed by atoms with Crippen LogP contribution in [-0.2, 0) is 17.9 Å². The number of benzene rings is 1. The van der Waals surface area contributed by atoms with Gasteiger partial charge in [0.15, 0.2) is 0 Å². The fourth-order valence-corrected chi connectivity index (χ4v) is 2.81. The molecule has 2 aromatic rings. The maximum atomic E-state index is 12.8. The summed E-state index contributed by atoms with van der Waals surface area (Å²) in [6.07, 6.45) is 0.887. The molecule has 0 unspecified atom stereocenters. The summed E-state index contributed by atoms with van der Waals surface area (Å²) < 4.78 is 18.4. The Kier molecular flexibility index (Phi) is 6.49. The second-order valence-electron chi connectivity index (χ2n) is 5.08. The Morgan fingerprint density at radius 1 is 1.39 bits per heavy atom. The lowest BCUT2D eigenvalue weighted by Crippen LogP contribution is -2.30.